The van der Waals surface area contributed by atoms with Crippen LogP contribution in [0.3, 0.4) is 0 Å². The predicted octanol–water partition coefficient (Wildman–Crippen LogP) is 26.0. The molecule has 4 aromatic carbocycles. The molecule has 0 spiro atoms. The molecule has 0 aliphatic heterocycles. The van der Waals surface area contributed by atoms with Crippen LogP contribution in [0.15, 0.2) is 97.1 Å². The molecule has 19 heteroatoms. The van der Waals surface area contributed by atoms with Crippen molar-refractivity contribution in [2.75, 3.05) is 111 Å². The van der Waals surface area contributed by atoms with Crippen LogP contribution in [0.5, 0.6) is 0 Å². The number of anilines is 4. The summed E-state index contributed by atoms with van der Waals surface area (Å²) in [4.78, 5) is 33.5. The average Bonchev–Trinajstić information content (AvgIpc) is 1.66. The van der Waals surface area contributed by atoms with Crippen LogP contribution in [0.4, 0.5) is 22.7 Å². The third-order valence-corrected chi connectivity index (χ3v) is 35.9. The van der Waals surface area contributed by atoms with Crippen molar-refractivity contribution in [1.82, 2.24) is 9.80 Å². The Hall–Kier alpha value is 0.602. The van der Waals surface area contributed by atoms with Crippen LogP contribution in [0.1, 0.15) is 190 Å². The molecule has 0 heterocycles. The molecule has 0 aromatic heterocycles. The Morgan fingerprint density at radius 2 is 0.591 bits per heavy atom. The number of para-hydroxylation sites is 4. The number of methoxy groups -OCH3 is 1. The van der Waals surface area contributed by atoms with E-state index in [2.05, 4.69) is 259 Å². The van der Waals surface area contributed by atoms with Crippen LogP contribution in [0.2, 0.25) is 74.5 Å². The first kappa shape index (κ1) is 126. The Kier molecular flexibility index (Phi) is 66.3. The van der Waals surface area contributed by atoms with E-state index in [1.807, 2.05) is 136 Å². The zero-order valence-corrected chi connectivity index (χ0v) is 90.8. The van der Waals surface area contributed by atoms with Gasteiger partial charge < -0.3 is 83.8 Å². The molecule has 1 radical (unpaired) electrons. The monoisotopic (exact) mass is 2010 g/mol. The fourth-order valence-corrected chi connectivity index (χ4v) is 31.2. The molecule has 0 amide bonds. The Labute approximate surface area is 795 Å². The zero-order chi connectivity index (χ0) is 78.9. The molecule has 9 atom stereocenters. The van der Waals surface area contributed by atoms with E-state index in [0.29, 0.717) is 6.10 Å². The fourth-order valence-electron chi connectivity index (χ4n) is 15.9. The summed E-state index contributed by atoms with van der Waals surface area (Å²) >= 11 is 0. The van der Waals surface area contributed by atoms with Crippen molar-refractivity contribution in [1.29, 1.82) is 0 Å². The van der Waals surface area contributed by atoms with Gasteiger partial charge in [0.15, 0.2) is 0 Å². The van der Waals surface area contributed by atoms with Crippen molar-refractivity contribution in [3.05, 3.63) is 197 Å². The number of ether oxygens (including phenoxy) is 1. The Bertz CT molecular complexity index is 2720. The molecule has 110 heavy (non-hydrogen) atoms. The number of benzene rings is 4. The second kappa shape index (κ2) is 57.8. The minimum absolute atomic E-state index is 0. The molecule has 4 aliphatic carbocycles. The van der Waals surface area contributed by atoms with Crippen molar-refractivity contribution >= 4 is 55.7 Å². The molecule has 11 nitrogen and oxygen atoms in total. The van der Waals surface area contributed by atoms with Gasteiger partial charge >= 0.3 is 133 Å². The van der Waals surface area contributed by atoms with Crippen molar-refractivity contribution < 1.29 is 137 Å². The first-order valence-corrected chi connectivity index (χ1v) is 50.7. The molecule has 0 N–H and O–H groups in total. The summed E-state index contributed by atoms with van der Waals surface area (Å²) < 4.78 is 5.45. The SMILES string of the molecule is CC1CCC([Si](C)(C)[N-]C(C)(C)C)C1C.CN(C)C1CCC([Si](C)(C)[N-]C(C)(C)C)C1.CN(C)C1CCC([Si](C)(C)[N-]C(C)(C)C)C1.COC1CCC([Si](C)(C)[N-]C(C)(C)C)C1.[CH2-]c1ccccc1N(C)C.[CH2-]c1ccccc1N(C)C.[CH2-]c1ccccc1N(C)C.[CH2-]c1ccccc1N(C)C.[CH3-].[CH3-].[CH3-].[CH3-].[Er+3].[Lu+3].[Sc+3].[Y+3]. The van der Waals surface area contributed by atoms with Gasteiger partial charge in [-0.25, -0.2) is 0 Å². The predicted molar refractivity (Wildman–Crippen MR) is 499 cm³/mol. The van der Waals surface area contributed by atoms with E-state index >= 15 is 0 Å². The van der Waals surface area contributed by atoms with Crippen molar-refractivity contribution in [3.63, 3.8) is 0 Å². The maximum absolute atomic E-state index is 5.45. The van der Waals surface area contributed by atoms with Crippen LogP contribution >= 0.6 is 0 Å². The second-order valence-electron chi connectivity index (χ2n) is 37.5. The summed E-state index contributed by atoms with van der Waals surface area (Å²) in [6, 6.07) is 33.9. The van der Waals surface area contributed by atoms with E-state index in [0.717, 1.165) is 68.3 Å². The van der Waals surface area contributed by atoms with Crippen molar-refractivity contribution in [2.45, 2.75) is 282 Å². The van der Waals surface area contributed by atoms with Gasteiger partial charge in [0.05, 0.1) is 6.10 Å². The molecular formula is C91H172ErLuN10OScSi4Y. The smallest absolute Gasteiger partial charge is 0.660 e. The molecule has 0 saturated heterocycles. The van der Waals surface area contributed by atoms with Gasteiger partial charge in [0, 0.05) is 19.2 Å². The molecule has 4 aliphatic rings. The molecule has 4 aromatic rings. The first-order chi connectivity index (χ1) is 46.5. The molecule has 9 unspecified atom stereocenters. The molecule has 4 saturated carbocycles. The maximum Gasteiger partial charge on any atom is 3.00 e. The normalized spacial score (nSPS) is 19.9. The Morgan fingerprint density at radius 1 is 0.364 bits per heavy atom. The number of hydrogen-bond acceptors (Lipinski definition) is 7. The van der Waals surface area contributed by atoms with Crippen molar-refractivity contribution in [2.24, 2.45) is 11.8 Å². The van der Waals surface area contributed by atoms with Gasteiger partial charge in [-0.05, 0) is 135 Å². The Morgan fingerprint density at radius 3 is 0.764 bits per heavy atom. The van der Waals surface area contributed by atoms with E-state index in [1.54, 1.807) is 0 Å². The van der Waals surface area contributed by atoms with E-state index in [-0.39, 0.29) is 185 Å². The topological polar surface area (TPSA) is 85.1 Å². The van der Waals surface area contributed by atoms with Gasteiger partial charge in [-0.2, -0.15) is 74.2 Å². The summed E-state index contributed by atoms with van der Waals surface area (Å²) in [7, 11) is 21.2. The largest absolute Gasteiger partial charge is 3.00 e. The quantitative estimate of drug-likeness (QED) is 0.0866. The molecule has 8 rings (SSSR count). The zero-order valence-electron chi connectivity index (χ0n) is 78.6. The fraction of sp³-hybridized carbons (Fsp3) is 0.648. The van der Waals surface area contributed by atoms with Gasteiger partial charge in [-0.1, -0.05) is 308 Å². The second-order valence-corrected chi connectivity index (χ2v) is 54.8. The standard InChI is InChI=1S/2C13H29N2Si.C13H28NSi.C12H26NOSi.4C9H12N.4CH3.Er.Lu.Sc.Y/c2*1-13(2,3)14-16(6,7)12-9-8-11(10-12)15(4)5;1-10-8-9-12(11(10)2)15(6,7)14-13(3,4)5;1-12(2,3)13-15(5,6)11-8-7-10(9-11)14-4;4*1-8-6-4-5-7-9(8)10(2)3;;;;;;;;/h2*11-12H,8-10H2,1-7H3;10-12H,8-9H2,1-7H3;10-11H,7-9H2,1-6H3;4*4-7H,1H2,2-3H3;4*1H3;;;;/q12*-1;4*+3. The van der Waals surface area contributed by atoms with E-state index < -0.39 is 32.9 Å². The minimum atomic E-state index is -1.42. The number of rotatable bonds is 15. The summed E-state index contributed by atoms with van der Waals surface area (Å²) in [6.07, 6.45) is 15.4. The van der Waals surface area contributed by atoms with Gasteiger partial charge in [0.2, 0.25) is 0 Å². The summed E-state index contributed by atoms with van der Waals surface area (Å²) in [5.74, 6) is 1.80. The Balaban J connectivity index is -0.000000180. The molecule has 4 fully saturated rings. The molecule has 641 valence electrons. The molecule has 0 bridgehead atoms. The van der Waals surface area contributed by atoms with Crippen molar-refractivity contribution in [3.8, 4) is 0 Å². The van der Waals surface area contributed by atoms with E-state index in [1.165, 1.54) is 93.4 Å². The maximum atomic E-state index is 5.45. The number of nitrogens with zero attached hydrogens (tertiary/aromatic N) is 10. The van der Waals surface area contributed by atoms with Crippen LogP contribution < -0.4 is 19.6 Å². The van der Waals surface area contributed by atoms with Gasteiger partial charge in [-0.15, -0.1) is 46.4 Å². The summed E-state index contributed by atoms with van der Waals surface area (Å²) in [5, 5.41) is 0. The van der Waals surface area contributed by atoms with E-state index in [9.17, 15) is 0 Å². The molecular weight excluding hydrogens is 1840 g/mol. The van der Waals surface area contributed by atoms with Crippen LogP contribution in [-0.2, 0) is 63.3 Å². The van der Waals surface area contributed by atoms with E-state index in [4.69, 9.17) is 24.7 Å². The van der Waals surface area contributed by atoms with Gasteiger partial charge in [0.1, 0.15) is 0 Å². The first-order valence-electron chi connectivity index (χ1n) is 38.6. The van der Waals surface area contributed by atoms with Crippen LogP contribution in [0.25, 0.3) is 19.9 Å². The number of hydrogen-bond donors (Lipinski definition) is 0. The minimum Gasteiger partial charge on any atom is -0.660 e. The van der Waals surface area contributed by atoms with Crippen LogP contribution in [0, 0.1) is 143 Å². The van der Waals surface area contributed by atoms with Gasteiger partial charge in [0.25, 0.3) is 0 Å². The summed E-state index contributed by atoms with van der Waals surface area (Å²) in [6.45, 7) is 66.7. The average molecular weight is 2010 g/mol. The van der Waals surface area contributed by atoms with Gasteiger partial charge in [-0.3, -0.25) is 0 Å². The third kappa shape index (κ3) is 50.0. The van der Waals surface area contributed by atoms with Crippen LogP contribution in [-0.4, -0.2) is 175 Å². The summed E-state index contributed by atoms with van der Waals surface area (Å²) in [5.41, 5.74) is 13.1. The third-order valence-electron chi connectivity index (χ3n) is 20.7.